The first kappa shape index (κ1) is 18.6. The Morgan fingerprint density at radius 3 is 1.25 bits per heavy atom. The van der Waals surface area contributed by atoms with Crippen molar-refractivity contribution in [3.05, 3.63) is 132 Å². The predicted molar refractivity (Wildman–Crippen MR) is 122 cm³/mol. The number of hydrogen-bond acceptors (Lipinski definition) is 1. The fourth-order valence-electron chi connectivity index (χ4n) is 3.67. The summed E-state index contributed by atoms with van der Waals surface area (Å²) in [7, 11) is -0.679. The molecule has 138 valence electrons. The molecule has 0 amide bonds. The van der Waals surface area contributed by atoms with Crippen LogP contribution < -0.4 is 16.3 Å². The highest BCUT2D eigenvalue weighted by Gasteiger charge is 2.31. The molecular formula is C26H24NP. The summed E-state index contributed by atoms with van der Waals surface area (Å²) >= 11 is 0. The molecule has 0 unspecified atom stereocenters. The van der Waals surface area contributed by atoms with E-state index in [1.54, 1.807) is 0 Å². The van der Waals surface area contributed by atoms with Crippen molar-refractivity contribution in [2.24, 2.45) is 5.73 Å². The molecule has 0 bridgehead atoms. The summed E-state index contributed by atoms with van der Waals surface area (Å²) in [5.41, 5.74) is 9.61. The number of rotatable bonds is 6. The lowest BCUT2D eigenvalue weighted by Gasteiger charge is -2.34. The summed E-state index contributed by atoms with van der Waals surface area (Å²) in [5, 5.41) is 2.70. The van der Waals surface area contributed by atoms with E-state index >= 15 is 0 Å². The molecule has 0 aliphatic heterocycles. The molecule has 0 spiro atoms. The predicted octanol–water partition coefficient (Wildman–Crippen LogP) is 5.56. The molecule has 4 aromatic carbocycles. The van der Waals surface area contributed by atoms with E-state index in [2.05, 4.69) is 115 Å². The zero-order valence-electron chi connectivity index (χ0n) is 15.7. The summed E-state index contributed by atoms with van der Waals surface area (Å²) in [5.74, 6) is 0. The van der Waals surface area contributed by atoms with Crippen LogP contribution in [0.25, 0.3) is 0 Å². The molecule has 4 aromatic rings. The van der Waals surface area contributed by atoms with Gasteiger partial charge in [-0.1, -0.05) is 121 Å². The van der Waals surface area contributed by atoms with Gasteiger partial charge in [-0.3, -0.25) is 0 Å². The van der Waals surface area contributed by atoms with Crippen LogP contribution in [0.15, 0.2) is 121 Å². The third kappa shape index (κ3) is 4.07. The largest absolute Gasteiger partial charge is 0.323 e. The summed E-state index contributed by atoms with van der Waals surface area (Å²) in [6.07, 6.45) is 0. The van der Waals surface area contributed by atoms with Gasteiger partial charge in [0.05, 0.1) is 0 Å². The molecule has 0 fully saturated rings. The maximum absolute atomic E-state index is 6.96. The monoisotopic (exact) mass is 381 g/mol. The fraction of sp³-hybridized carbons (Fsp3) is 0.0769. The Hall–Kier alpha value is -2.73. The summed E-state index contributed by atoms with van der Waals surface area (Å²) in [4.78, 5) is 0. The Balaban J connectivity index is 1.89. The molecule has 2 N–H and O–H groups in total. The van der Waals surface area contributed by atoms with Crippen molar-refractivity contribution < 1.29 is 0 Å². The number of hydrogen-bond donors (Lipinski definition) is 1. The van der Waals surface area contributed by atoms with Gasteiger partial charge in [-0.2, -0.15) is 0 Å². The molecule has 2 heteroatoms. The van der Waals surface area contributed by atoms with Crippen LogP contribution in [0.5, 0.6) is 0 Å². The Morgan fingerprint density at radius 1 is 0.464 bits per heavy atom. The zero-order valence-corrected chi connectivity index (χ0v) is 16.6. The molecule has 0 aliphatic rings. The second kappa shape index (κ2) is 8.97. The molecule has 0 saturated heterocycles. The standard InChI is InChI=1S/C26H24NP/c27-25(21-13-5-1-6-14-21)26(22-15-7-2-8-16-22)28(23-17-9-3-10-18-23)24-19-11-4-12-20-24/h1-20,25-26H,27H2/t25-,26-/m0/s1. The lowest BCUT2D eigenvalue weighted by molar-refractivity contribution is 0.700. The van der Waals surface area contributed by atoms with E-state index in [-0.39, 0.29) is 11.7 Å². The first-order valence-corrected chi connectivity index (χ1v) is 11.0. The zero-order chi connectivity index (χ0) is 19.2. The van der Waals surface area contributed by atoms with Crippen molar-refractivity contribution >= 4 is 18.5 Å². The smallest absolute Gasteiger partial charge is 0.0410 e. The van der Waals surface area contributed by atoms with Crippen molar-refractivity contribution in [2.75, 3.05) is 0 Å². The van der Waals surface area contributed by atoms with E-state index in [9.17, 15) is 0 Å². The van der Waals surface area contributed by atoms with E-state index < -0.39 is 7.92 Å². The van der Waals surface area contributed by atoms with Crippen LogP contribution in [-0.4, -0.2) is 0 Å². The second-order valence-electron chi connectivity index (χ2n) is 6.83. The number of benzene rings is 4. The van der Waals surface area contributed by atoms with E-state index in [0.29, 0.717) is 0 Å². The second-order valence-corrected chi connectivity index (χ2v) is 9.16. The van der Waals surface area contributed by atoms with Crippen molar-refractivity contribution in [3.63, 3.8) is 0 Å². The minimum Gasteiger partial charge on any atom is -0.323 e. The topological polar surface area (TPSA) is 26.0 Å². The van der Waals surface area contributed by atoms with Crippen LogP contribution in [0.2, 0.25) is 0 Å². The van der Waals surface area contributed by atoms with Gasteiger partial charge in [-0.25, -0.2) is 0 Å². The molecule has 1 nitrogen and oxygen atoms in total. The fourth-order valence-corrected chi connectivity index (χ4v) is 6.56. The van der Waals surface area contributed by atoms with Crippen LogP contribution >= 0.6 is 7.92 Å². The van der Waals surface area contributed by atoms with Crippen LogP contribution in [-0.2, 0) is 0 Å². The highest BCUT2D eigenvalue weighted by atomic mass is 31.1. The van der Waals surface area contributed by atoms with Crippen molar-refractivity contribution in [3.8, 4) is 0 Å². The summed E-state index contributed by atoms with van der Waals surface area (Å²) in [6, 6.07) is 42.8. The van der Waals surface area contributed by atoms with Gasteiger partial charge in [-0.15, -0.1) is 0 Å². The van der Waals surface area contributed by atoms with Gasteiger partial charge in [0.15, 0.2) is 0 Å². The quantitative estimate of drug-likeness (QED) is 0.435. The third-order valence-corrected chi connectivity index (χ3v) is 7.90. The van der Waals surface area contributed by atoms with Crippen molar-refractivity contribution in [1.29, 1.82) is 0 Å². The third-order valence-electron chi connectivity index (χ3n) is 5.01. The normalized spacial score (nSPS) is 13.2. The van der Waals surface area contributed by atoms with E-state index in [1.165, 1.54) is 21.7 Å². The minimum atomic E-state index is -0.679. The SMILES string of the molecule is N[C@@H](c1ccccc1)[C@H](c1ccccc1)P(c1ccccc1)c1ccccc1. The summed E-state index contributed by atoms with van der Waals surface area (Å²) < 4.78 is 0. The summed E-state index contributed by atoms with van der Waals surface area (Å²) in [6.45, 7) is 0. The van der Waals surface area contributed by atoms with Gasteiger partial charge in [0, 0.05) is 11.7 Å². The lowest BCUT2D eigenvalue weighted by Crippen LogP contribution is -2.26. The average Bonchev–Trinajstić information content (AvgIpc) is 2.79. The van der Waals surface area contributed by atoms with Crippen LogP contribution in [0.1, 0.15) is 22.8 Å². The van der Waals surface area contributed by atoms with Crippen LogP contribution in [0.4, 0.5) is 0 Å². The van der Waals surface area contributed by atoms with Crippen molar-refractivity contribution in [2.45, 2.75) is 11.7 Å². The molecule has 4 rings (SSSR count). The minimum absolute atomic E-state index is 0.0878. The van der Waals surface area contributed by atoms with Gasteiger partial charge in [0.2, 0.25) is 0 Å². The van der Waals surface area contributed by atoms with Crippen LogP contribution in [0.3, 0.4) is 0 Å². The molecular weight excluding hydrogens is 357 g/mol. The van der Waals surface area contributed by atoms with Gasteiger partial charge in [0.25, 0.3) is 0 Å². The Bertz CT molecular complexity index is 932. The molecule has 0 aliphatic carbocycles. The highest BCUT2D eigenvalue weighted by molar-refractivity contribution is 7.73. The first-order chi connectivity index (χ1) is 13.8. The Morgan fingerprint density at radius 2 is 0.821 bits per heavy atom. The lowest BCUT2D eigenvalue weighted by atomic mass is 9.99. The highest BCUT2D eigenvalue weighted by Crippen LogP contribution is 2.54. The van der Waals surface area contributed by atoms with Gasteiger partial charge < -0.3 is 5.73 Å². The van der Waals surface area contributed by atoms with Crippen molar-refractivity contribution in [1.82, 2.24) is 0 Å². The Kier molecular flexibility index (Phi) is 5.97. The molecule has 0 aromatic heterocycles. The maximum atomic E-state index is 6.96. The average molecular weight is 381 g/mol. The van der Waals surface area contributed by atoms with Gasteiger partial charge in [-0.05, 0) is 29.7 Å². The first-order valence-electron chi connectivity index (χ1n) is 9.59. The van der Waals surface area contributed by atoms with Crippen LogP contribution in [0, 0.1) is 0 Å². The maximum Gasteiger partial charge on any atom is 0.0410 e. The Labute approximate surface area is 168 Å². The number of nitrogens with two attached hydrogens (primary N) is 1. The van der Waals surface area contributed by atoms with E-state index in [4.69, 9.17) is 5.73 Å². The van der Waals surface area contributed by atoms with E-state index in [0.717, 1.165) is 0 Å². The molecule has 0 heterocycles. The van der Waals surface area contributed by atoms with Gasteiger partial charge in [0.1, 0.15) is 0 Å². The van der Waals surface area contributed by atoms with Gasteiger partial charge >= 0.3 is 0 Å². The molecule has 0 radical (unpaired) electrons. The molecule has 28 heavy (non-hydrogen) atoms. The van der Waals surface area contributed by atoms with E-state index in [1.807, 2.05) is 6.07 Å². The molecule has 0 saturated carbocycles. The molecule has 2 atom stereocenters.